The maximum Gasteiger partial charge on any atom is 0.453 e. The molecule has 0 atom stereocenters. The summed E-state index contributed by atoms with van der Waals surface area (Å²) in [6.07, 6.45) is 0.168. The Morgan fingerprint density at radius 1 is 1.14 bits per heavy atom. The van der Waals surface area contributed by atoms with E-state index in [1.165, 1.54) is 11.7 Å². The number of nitrogens with one attached hydrogen (secondary N) is 1. The van der Waals surface area contributed by atoms with Crippen LogP contribution in [0.25, 0.3) is 17.3 Å². The SMILES string of the molecule is Cc1[nH]ncc1-c1nc(C2CCC(N)CC2)n(-c2nc(C(F)(F)F)nn2C)n1.Cl. The number of alkyl halides is 3. The lowest BCUT2D eigenvalue weighted by Gasteiger charge is -2.25. The first-order valence-corrected chi connectivity index (χ1v) is 8.95. The maximum absolute atomic E-state index is 13.1. The number of aryl methyl sites for hydroxylation is 2. The third-order valence-electron chi connectivity index (χ3n) is 5.02. The second kappa shape index (κ2) is 7.75. The summed E-state index contributed by atoms with van der Waals surface area (Å²) in [5.74, 6) is -0.269. The van der Waals surface area contributed by atoms with Gasteiger partial charge in [0.15, 0.2) is 5.82 Å². The van der Waals surface area contributed by atoms with E-state index in [9.17, 15) is 13.2 Å². The molecule has 0 bridgehead atoms. The molecule has 0 saturated heterocycles. The van der Waals surface area contributed by atoms with Crippen molar-refractivity contribution in [3.05, 3.63) is 23.5 Å². The molecule has 0 spiro atoms. The van der Waals surface area contributed by atoms with Crippen LogP contribution in [0.1, 0.15) is 48.9 Å². The summed E-state index contributed by atoms with van der Waals surface area (Å²) in [6, 6.07) is 0.134. The van der Waals surface area contributed by atoms with Crippen LogP contribution in [0.15, 0.2) is 6.20 Å². The van der Waals surface area contributed by atoms with Crippen LogP contribution in [0, 0.1) is 6.92 Å². The van der Waals surface area contributed by atoms with Crippen LogP contribution in [0.3, 0.4) is 0 Å². The van der Waals surface area contributed by atoms with Gasteiger partial charge in [-0.25, -0.2) is 9.67 Å². The molecular formula is C16H21ClF3N9. The van der Waals surface area contributed by atoms with Crippen LogP contribution in [0.5, 0.6) is 0 Å². The van der Waals surface area contributed by atoms with Crippen molar-refractivity contribution in [3.63, 3.8) is 0 Å². The highest BCUT2D eigenvalue weighted by atomic mass is 35.5. The first-order chi connectivity index (χ1) is 13.2. The second-order valence-corrected chi connectivity index (χ2v) is 7.08. The van der Waals surface area contributed by atoms with Crippen molar-refractivity contribution in [1.82, 2.24) is 39.7 Å². The van der Waals surface area contributed by atoms with Crippen LogP contribution < -0.4 is 5.73 Å². The first-order valence-electron chi connectivity index (χ1n) is 8.95. The maximum atomic E-state index is 13.1. The lowest BCUT2D eigenvalue weighted by molar-refractivity contribution is -0.144. The van der Waals surface area contributed by atoms with Crippen molar-refractivity contribution >= 4 is 12.4 Å². The van der Waals surface area contributed by atoms with Gasteiger partial charge in [-0.3, -0.25) is 5.10 Å². The molecule has 1 saturated carbocycles. The molecule has 0 aromatic carbocycles. The van der Waals surface area contributed by atoms with E-state index in [1.807, 2.05) is 6.92 Å². The smallest absolute Gasteiger partial charge is 0.328 e. The van der Waals surface area contributed by atoms with E-state index in [4.69, 9.17) is 5.73 Å². The number of halogens is 4. The van der Waals surface area contributed by atoms with Crippen LogP contribution in [0.2, 0.25) is 0 Å². The molecule has 0 aliphatic heterocycles. The van der Waals surface area contributed by atoms with Gasteiger partial charge in [0.2, 0.25) is 0 Å². The minimum atomic E-state index is -4.64. The standard InChI is InChI=1S/C16H20F3N9.ClH/c1-8-11(7-21-24-8)12-22-13(9-3-5-10(20)6-4-9)28(25-12)15-23-14(16(17,18)19)26-27(15)2;/h7,9-10H,3-6,20H2,1-2H3,(H,21,24);1H. The lowest BCUT2D eigenvalue weighted by Crippen LogP contribution is -2.27. The van der Waals surface area contributed by atoms with Crippen molar-refractivity contribution in [2.45, 2.75) is 50.7 Å². The molecule has 158 valence electrons. The molecule has 4 rings (SSSR count). The minimum Gasteiger partial charge on any atom is -0.328 e. The molecule has 13 heteroatoms. The third kappa shape index (κ3) is 3.99. The van der Waals surface area contributed by atoms with Gasteiger partial charge in [-0.05, 0) is 32.6 Å². The number of rotatable bonds is 3. The fourth-order valence-corrected chi connectivity index (χ4v) is 3.48. The molecule has 3 heterocycles. The zero-order valence-electron chi connectivity index (χ0n) is 15.8. The Bertz CT molecular complexity index is 982. The molecule has 9 nitrogen and oxygen atoms in total. The average molecular weight is 432 g/mol. The van der Waals surface area contributed by atoms with E-state index >= 15 is 0 Å². The monoisotopic (exact) mass is 431 g/mol. The number of aromatic amines is 1. The summed E-state index contributed by atoms with van der Waals surface area (Å²) in [6.45, 7) is 1.83. The Morgan fingerprint density at radius 3 is 2.38 bits per heavy atom. The quantitative estimate of drug-likeness (QED) is 0.658. The van der Waals surface area contributed by atoms with E-state index in [0.29, 0.717) is 17.2 Å². The first kappa shape index (κ1) is 21.2. The number of nitrogens with zero attached hydrogens (tertiary/aromatic N) is 7. The summed E-state index contributed by atoms with van der Waals surface area (Å²) >= 11 is 0. The molecule has 0 radical (unpaired) electrons. The zero-order valence-corrected chi connectivity index (χ0v) is 16.6. The van der Waals surface area contributed by atoms with Gasteiger partial charge >= 0.3 is 6.18 Å². The highest BCUT2D eigenvalue weighted by Gasteiger charge is 2.38. The highest BCUT2D eigenvalue weighted by Crippen LogP contribution is 2.34. The van der Waals surface area contributed by atoms with Gasteiger partial charge in [0.05, 0.1) is 11.8 Å². The van der Waals surface area contributed by atoms with Gasteiger partial charge in [0.1, 0.15) is 5.82 Å². The van der Waals surface area contributed by atoms with Crippen molar-refractivity contribution < 1.29 is 13.2 Å². The Hall–Kier alpha value is -2.47. The van der Waals surface area contributed by atoms with Gasteiger partial charge in [-0.2, -0.15) is 27.9 Å². The Morgan fingerprint density at radius 2 is 1.83 bits per heavy atom. The second-order valence-electron chi connectivity index (χ2n) is 7.08. The van der Waals surface area contributed by atoms with Crippen LogP contribution in [0.4, 0.5) is 13.2 Å². The zero-order chi connectivity index (χ0) is 20.1. The topological polar surface area (TPSA) is 116 Å². The van der Waals surface area contributed by atoms with Gasteiger partial charge < -0.3 is 5.73 Å². The molecule has 1 fully saturated rings. The van der Waals surface area contributed by atoms with Crippen molar-refractivity contribution in [2.24, 2.45) is 12.8 Å². The molecule has 1 aliphatic carbocycles. The molecule has 3 N–H and O–H groups in total. The number of hydrogen-bond donors (Lipinski definition) is 2. The van der Waals surface area contributed by atoms with Gasteiger partial charge in [0, 0.05) is 24.7 Å². The number of nitrogens with two attached hydrogens (primary N) is 1. The molecule has 29 heavy (non-hydrogen) atoms. The van der Waals surface area contributed by atoms with E-state index in [2.05, 4.69) is 30.4 Å². The Kier molecular flexibility index (Phi) is 5.68. The van der Waals surface area contributed by atoms with E-state index in [0.717, 1.165) is 36.1 Å². The van der Waals surface area contributed by atoms with Gasteiger partial charge in [-0.15, -0.1) is 22.6 Å². The summed E-state index contributed by atoms with van der Waals surface area (Å²) in [5.41, 5.74) is 7.45. The van der Waals surface area contributed by atoms with E-state index in [-0.39, 0.29) is 30.3 Å². The molecule has 3 aromatic heterocycles. The molecular weight excluding hydrogens is 411 g/mol. The van der Waals surface area contributed by atoms with E-state index in [1.54, 1.807) is 6.20 Å². The normalized spacial score (nSPS) is 19.9. The predicted molar refractivity (Wildman–Crippen MR) is 99.7 cm³/mol. The number of hydrogen-bond acceptors (Lipinski definition) is 6. The average Bonchev–Trinajstić information content (AvgIpc) is 3.32. The summed E-state index contributed by atoms with van der Waals surface area (Å²) in [7, 11) is 1.41. The molecule has 0 amide bonds. The summed E-state index contributed by atoms with van der Waals surface area (Å²) in [5, 5.41) is 14.7. The number of H-pyrrole nitrogens is 1. The highest BCUT2D eigenvalue weighted by molar-refractivity contribution is 5.85. The van der Waals surface area contributed by atoms with Crippen LogP contribution in [-0.4, -0.2) is 45.8 Å². The lowest BCUT2D eigenvalue weighted by atomic mass is 9.86. The largest absolute Gasteiger partial charge is 0.453 e. The van der Waals surface area contributed by atoms with E-state index < -0.39 is 12.0 Å². The van der Waals surface area contributed by atoms with Gasteiger partial charge in [-0.1, -0.05) is 0 Å². The fraction of sp³-hybridized carbons (Fsp3) is 0.562. The Labute approximate surface area is 170 Å². The Balaban J connectivity index is 0.00000240. The molecule has 3 aromatic rings. The predicted octanol–water partition coefficient (Wildman–Crippen LogP) is 2.52. The molecule has 1 aliphatic rings. The summed E-state index contributed by atoms with van der Waals surface area (Å²) in [4.78, 5) is 8.32. The van der Waals surface area contributed by atoms with Crippen LogP contribution in [-0.2, 0) is 13.2 Å². The van der Waals surface area contributed by atoms with Crippen LogP contribution >= 0.6 is 12.4 Å². The number of aromatic nitrogens is 8. The third-order valence-corrected chi connectivity index (χ3v) is 5.02. The minimum absolute atomic E-state index is 0. The van der Waals surface area contributed by atoms with Crippen molar-refractivity contribution in [3.8, 4) is 17.3 Å². The summed E-state index contributed by atoms with van der Waals surface area (Å²) < 4.78 is 41.6. The van der Waals surface area contributed by atoms with Gasteiger partial charge in [0.25, 0.3) is 11.8 Å². The van der Waals surface area contributed by atoms with Crippen molar-refractivity contribution in [2.75, 3.05) is 0 Å². The fourth-order valence-electron chi connectivity index (χ4n) is 3.48. The molecule has 0 unspecified atom stereocenters. The van der Waals surface area contributed by atoms with Crippen molar-refractivity contribution in [1.29, 1.82) is 0 Å².